The average Bonchev–Trinajstić information content (AvgIpc) is 2.58. The molecule has 0 spiro atoms. The molecule has 0 amide bonds. The number of ether oxygens (including phenoxy) is 1. The van der Waals surface area contributed by atoms with Crippen LogP contribution in [0.3, 0.4) is 0 Å². The van der Waals surface area contributed by atoms with Gasteiger partial charge in [-0.3, -0.25) is 0 Å². The van der Waals surface area contributed by atoms with E-state index in [2.05, 4.69) is 15.9 Å². The largest absolute Gasteiger partial charge is 0.369 e. The second-order valence-corrected chi connectivity index (χ2v) is 6.54. The molecule has 0 bridgehead atoms. The fourth-order valence-corrected chi connectivity index (χ4v) is 3.85. The van der Waals surface area contributed by atoms with Crippen LogP contribution >= 0.6 is 50.5 Å². The van der Waals surface area contributed by atoms with Crippen LogP contribution in [0.15, 0.2) is 6.07 Å². The maximum atomic E-state index is 6.11. The highest BCUT2D eigenvalue weighted by atomic mass is 79.9. The molecular formula is C10H11BrCl2OS. The summed E-state index contributed by atoms with van der Waals surface area (Å²) in [6.45, 7) is 0. The minimum atomic E-state index is 0.123. The zero-order chi connectivity index (χ0) is 10.8. The lowest BCUT2D eigenvalue weighted by atomic mass is 10.0. The molecule has 84 valence electrons. The van der Waals surface area contributed by atoms with Gasteiger partial charge in [-0.1, -0.05) is 39.1 Å². The molecule has 15 heavy (non-hydrogen) atoms. The molecule has 2 unspecified atom stereocenters. The molecule has 2 rings (SSSR count). The number of thiophene rings is 1. The van der Waals surface area contributed by atoms with Gasteiger partial charge in [0.25, 0.3) is 0 Å². The standard InChI is InChI=1S/C10H11BrCl2OS/c11-5-6-2-1-3-8(14-6)7-4-9(12)15-10(7)13/h4,6,8H,1-3,5H2. The lowest BCUT2D eigenvalue weighted by molar-refractivity contribution is -0.0381. The van der Waals surface area contributed by atoms with Gasteiger partial charge >= 0.3 is 0 Å². The van der Waals surface area contributed by atoms with Gasteiger partial charge in [0, 0.05) is 10.9 Å². The Bertz CT molecular complexity index is 342. The van der Waals surface area contributed by atoms with Gasteiger partial charge in [0.1, 0.15) is 4.34 Å². The SMILES string of the molecule is Clc1cc(C2CCCC(CBr)O2)c(Cl)s1. The Balaban J connectivity index is 2.13. The van der Waals surface area contributed by atoms with E-state index in [1.807, 2.05) is 6.07 Å². The summed E-state index contributed by atoms with van der Waals surface area (Å²) in [5.41, 5.74) is 1.05. The molecule has 0 N–H and O–H groups in total. The fraction of sp³-hybridized carbons (Fsp3) is 0.600. The summed E-state index contributed by atoms with van der Waals surface area (Å²) in [5.74, 6) is 0. The molecule has 1 aromatic rings. The van der Waals surface area contributed by atoms with Crippen molar-refractivity contribution in [2.45, 2.75) is 31.5 Å². The molecule has 2 heterocycles. The van der Waals surface area contributed by atoms with Crippen LogP contribution < -0.4 is 0 Å². The van der Waals surface area contributed by atoms with E-state index in [0.717, 1.165) is 32.4 Å². The van der Waals surface area contributed by atoms with Gasteiger partial charge in [-0.2, -0.15) is 0 Å². The Morgan fingerprint density at radius 2 is 2.27 bits per heavy atom. The van der Waals surface area contributed by atoms with E-state index in [-0.39, 0.29) is 6.10 Å². The molecular weight excluding hydrogens is 319 g/mol. The quantitative estimate of drug-likeness (QED) is 0.689. The van der Waals surface area contributed by atoms with E-state index in [0.29, 0.717) is 6.10 Å². The highest BCUT2D eigenvalue weighted by molar-refractivity contribution is 9.09. The molecule has 1 nitrogen and oxygen atoms in total. The predicted octanol–water partition coefficient (Wildman–Crippen LogP) is 5.06. The van der Waals surface area contributed by atoms with Gasteiger partial charge in [0.15, 0.2) is 0 Å². The van der Waals surface area contributed by atoms with Gasteiger partial charge in [-0.05, 0) is 25.3 Å². The summed E-state index contributed by atoms with van der Waals surface area (Å²) in [5, 5.41) is 0.888. The van der Waals surface area contributed by atoms with Crippen molar-refractivity contribution >= 4 is 50.5 Å². The van der Waals surface area contributed by atoms with Gasteiger partial charge < -0.3 is 4.74 Å². The monoisotopic (exact) mass is 328 g/mol. The highest BCUT2D eigenvalue weighted by Gasteiger charge is 2.25. The van der Waals surface area contributed by atoms with Crippen molar-refractivity contribution in [1.29, 1.82) is 0 Å². The number of halogens is 3. The summed E-state index contributed by atoms with van der Waals surface area (Å²) >= 11 is 16.9. The summed E-state index contributed by atoms with van der Waals surface area (Å²) < 4.78 is 7.43. The second kappa shape index (κ2) is 5.37. The maximum Gasteiger partial charge on any atom is 0.100 e. The molecule has 0 radical (unpaired) electrons. The molecule has 0 aliphatic carbocycles. The van der Waals surface area contributed by atoms with Gasteiger partial charge in [-0.25, -0.2) is 0 Å². The lowest BCUT2D eigenvalue weighted by Gasteiger charge is -2.28. The minimum Gasteiger partial charge on any atom is -0.369 e. The zero-order valence-corrected chi connectivity index (χ0v) is 11.9. The summed E-state index contributed by atoms with van der Waals surface area (Å²) in [4.78, 5) is 0. The molecule has 0 saturated carbocycles. The van der Waals surface area contributed by atoms with E-state index in [9.17, 15) is 0 Å². The molecule has 1 aliphatic rings. The van der Waals surface area contributed by atoms with Crippen LogP contribution in [-0.2, 0) is 4.74 Å². The molecule has 1 fully saturated rings. The first kappa shape index (κ1) is 12.2. The maximum absolute atomic E-state index is 6.11. The first-order chi connectivity index (χ1) is 7.20. The predicted molar refractivity (Wildman–Crippen MR) is 69.6 cm³/mol. The van der Waals surface area contributed by atoms with Crippen molar-refractivity contribution in [2.24, 2.45) is 0 Å². The summed E-state index contributed by atoms with van der Waals surface area (Å²) in [6, 6.07) is 1.93. The van der Waals surface area contributed by atoms with Crippen LogP contribution in [0, 0.1) is 0 Å². The second-order valence-electron chi connectivity index (χ2n) is 3.61. The van der Waals surface area contributed by atoms with E-state index < -0.39 is 0 Å². The average molecular weight is 330 g/mol. The van der Waals surface area contributed by atoms with Gasteiger partial charge in [0.05, 0.1) is 16.5 Å². The summed E-state index contributed by atoms with van der Waals surface area (Å²) in [6.07, 6.45) is 3.77. The van der Waals surface area contributed by atoms with Crippen LogP contribution in [0.2, 0.25) is 8.67 Å². The third-order valence-electron chi connectivity index (χ3n) is 2.55. The van der Waals surface area contributed by atoms with Crippen molar-refractivity contribution in [3.63, 3.8) is 0 Å². The number of alkyl halides is 1. The van der Waals surface area contributed by atoms with Crippen molar-refractivity contribution in [3.8, 4) is 0 Å². The Morgan fingerprint density at radius 1 is 1.47 bits per heavy atom. The van der Waals surface area contributed by atoms with Crippen LogP contribution in [0.25, 0.3) is 0 Å². The molecule has 1 saturated heterocycles. The normalized spacial score (nSPS) is 26.9. The lowest BCUT2D eigenvalue weighted by Crippen LogP contribution is -2.23. The molecule has 1 aliphatic heterocycles. The van der Waals surface area contributed by atoms with Crippen LogP contribution in [0.4, 0.5) is 0 Å². The van der Waals surface area contributed by atoms with E-state index >= 15 is 0 Å². The van der Waals surface area contributed by atoms with Crippen molar-refractivity contribution in [3.05, 3.63) is 20.3 Å². The highest BCUT2D eigenvalue weighted by Crippen LogP contribution is 2.40. The Kier molecular flexibility index (Phi) is 4.36. The first-order valence-corrected chi connectivity index (χ1v) is 7.56. The Labute approximate surface area is 112 Å². The Hall–Kier alpha value is 0.720. The van der Waals surface area contributed by atoms with Crippen LogP contribution in [0.1, 0.15) is 30.9 Å². The number of rotatable bonds is 2. The molecule has 1 aromatic heterocycles. The Morgan fingerprint density at radius 3 is 2.87 bits per heavy atom. The minimum absolute atomic E-state index is 0.123. The smallest absolute Gasteiger partial charge is 0.100 e. The number of hydrogen-bond acceptors (Lipinski definition) is 2. The van der Waals surface area contributed by atoms with Crippen LogP contribution in [0.5, 0.6) is 0 Å². The zero-order valence-electron chi connectivity index (χ0n) is 8.01. The van der Waals surface area contributed by atoms with Crippen LogP contribution in [-0.4, -0.2) is 11.4 Å². The van der Waals surface area contributed by atoms with Crippen molar-refractivity contribution < 1.29 is 4.74 Å². The molecule has 5 heteroatoms. The van der Waals surface area contributed by atoms with Gasteiger partial charge in [-0.15, -0.1) is 11.3 Å². The topological polar surface area (TPSA) is 9.23 Å². The fourth-order valence-electron chi connectivity index (χ4n) is 1.81. The molecule has 0 aromatic carbocycles. The van der Waals surface area contributed by atoms with Crippen molar-refractivity contribution in [2.75, 3.05) is 5.33 Å². The van der Waals surface area contributed by atoms with E-state index in [1.54, 1.807) is 0 Å². The van der Waals surface area contributed by atoms with Gasteiger partial charge in [0.2, 0.25) is 0 Å². The summed E-state index contributed by atoms with van der Waals surface area (Å²) in [7, 11) is 0. The first-order valence-electron chi connectivity index (χ1n) is 4.87. The number of hydrogen-bond donors (Lipinski definition) is 0. The van der Waals surface area contributed by atoms with Crippen molar-refractivity contribution in [1.82, 2.24) is 0 Å². The molecule has 2 atom stereocenters. The van der Waals surface area contributed by atoms with E-state index in [4.69, 9.17) is 27.9 Å². The third kappa shape index (κ3) is 2.89. The van der Waals surface area contributed by atoms with E-state index in [1.165, 1.54) is 17.8 Å². The third-order valence-corrected chi connectivity index (χ3v) is 4.79.